The number of hydrogen-bond acceptors (Lipinski definition) is 2. The summed E-state index contributed by atoms with van der Waals surface area (Å²) in [5.41, 5.74) is 6.46. The Morgan fingerprint density at radius 3 is 2.33 bits per heavy atom. The van der Waals surface area contributed by atoms with Crippen LogP contribution in [0.15, 0.2) is 42.5 Å². The first-order valence-electron chi connectivity index (χ1n) is 8.87. The first-order valence-corrected chi connectivity index (χ1v) is 8.87. The summed E-state index contributed by atoms with van der Waals surface area (Å²) in [7, 11) is 0. The third-order valence-electron chi connectivity index (χ3n) is 8.20. The molecule has 0 N–H and O–H groups in total. The molecule has 8 unspecified atom stereocenters. The van der Waals surface area contributed by atoms with Crippen LogP contribution in [0.25, 0.3) is 0 Å². The van der Waals surface area contributed by atoms with Gasteiger partial charge in [0.15, 0.2) is 0 Å². The molecule has 2 nitrogen and oxygen atoms in total. The minimum absolute atomic E-state index is 0.106. The van der Waals surface area contributed by atoms with E-state index in [9.17, 15) is 10.5 Å². The van der Waals surface area contributed by atoms with Crippen molar-refractivity contribution in [2.45, 2.75) is 23.7 Å². The molecule has 8 atom stereocenters. The highest BCUT2D eigenvalue weighted by Crippen LogP contribution is 2.93. The van der Waals surface area contributed by atoms with Crippen molar-refractivity contribution >= 4 is 0 Å². The average molecular weight is 306 g/mol. The minimum Gasteiger partial charge on any atom is -0.198 e. The van der Waals surface area contributed by atoms with Crippen LogP contribution in [0.3, 0.4) is 0 Å². The van der Waals surface area contributed by atoms with Gasteiger partial charge in [-0.25, -0.2) is 0 Å². The van der Waals surface area contributed by atoms with Gasteiger partial charge in [-0.2, -0.15) is 10.5 Å². The van der Waals surface area contributed by atoms with Gasteiger partial charge in [-0.3, -0.25) is 0 Å². The average Bonchev–Trinajstić information content (AvgIpc) is 2.56. The van der Waals surface area contributed by atoms with Crippen molar-refractivity contribution in [3.63, 3.8) is 0 Å². The van der Waals surface area contributed by atoms with E-state index in [1.165, 1.54) is 22.3 Å². The number of fused-ring (bicyclic) bond motifs is 8. The summed E-state index contributed by atoms with van der Waals surface area (Å²) < 4.78 is 0. The van der Waals surface area contributed by atoms with E-state index in [1.807, 2.05) is 6.07 Å². The number of nitriles is 2. The fourth-order valence-electron chi connectivity index (χ4n) is 7.77. The van der Waals surface area contributed by atoms with Crippen LogP contribution in [-0.4, -0.2) is 0 Å². The minimum atomic E-state index is -0.106. The summed E-state index contributed by atoms with van der Waals surface area (Å²) in [4.78, 5) is 0. The number of rotatable bonds is 0. The second kappa shape index (κ2) is 3.28. The third-order valence-corrected chi connectivity index (χ3v) is 8.20. The van der Waals surface area contributed by atoms with E-state index in [1.54, 1.807) is 0 Å². The van der Waals surface area contributed by atoms with Crippen molar-refractivity contribution in [2.75, 3.05) is 0 Å². The number of hydrogen-bond donors (Lipinski definition) is 0. The van der Waals surface area contributed by atoms with Gasteiger partial charge < -0.3 is 0 Å². The van der Waals surface area contributed by atoms with Crippen LogP contribution in [0.2, 0.25) is 0 Å². The predicted octanol–water partition coefficient (Wildman–Crippen LogP) is 4.02. The fraction of sp³-hybridized carbons (Fsp3) is 0.364. The Balaban J connectivity index is 1.58. The zero-order chi connectivity index (χ0) is 15.8. The molecule has 3 saturated carbocycles. The first kappa shape index (κ1) is 11.9. The molecule has 0 saturated heterocycles. The molecule has 2 heteroatoms. The van der Waals surface area contributed by atoms with Gasteiger partial charge >= 0.3 is 0 Å². The topological polar surface area (TPSA) is 47.6 Å². The molecule has 2 aromatic rings. The van der Waals surface area contributed by atoms with Crippen LogP contribution in [0.5, 0.6) is 0 Å². The molecule has 0 bridgehead atoms. The molecule has 0 heterocycles. The number of nitrogens with zero attached hydrogens (tertiary/aromatic N) is 2. The summed E-state index contributed by atoms with van der Waals surface area (Å²) in [5.74, 6) is 3.72. The van der Waals surface area contributed by atoms with Crippen molar-refractivity contribution in [3.8, 4) is 12.1 Å². The molecule has 0 amide bonds. The van der Waals surface area contributed by atoms with E-state index in [2.05, 4.69) is 48.5 Å². The van der Waals surface area contributed by atoms with Crippen LogP contribution in [0.1, 0.15) is 51.5 Å². The van der Waals surface area contributed by atoms with Crippen LogP contribution in [0.4, 0.5) is 0 Å². The Morgan fingerprint density at radius 2 is 1.54 bits per heavy atom. The van der Waals surface area contributed by atoms with Crippen molar-refractivity contribution in [1.82, 2.24) is 0 Å². The summed E-state index contributed by atoms with van der Waals surface area (Å²) in [5, 5.41) is 19.4. The maximum atomic E-state index is 10.1. The van der Waals surface area contributed by atoms with E-state index in [0.29, 0.717) is 41.4 Å². The molecular weight excluding hydrogens is 292 g/mol. The van der Waals surface area contributed by atoms with E-state index in [-0.39, 0.29) is 5.41 Å². The van der Waals surface area contributed by atoms with Crippen molar-refractivity contribution in [3.05, 3.63) is 70.3 Å². The monoisotopic (exact) mass is 306 g/mol. The maximum absolute atomic E-state index is 10.1. The van der Waals surface area contributed by atoms with Gasteiger partial charge in [-0.05, 0) is 69.9 Å². The highest BCUT2D eigenvalue weighted by atomic mass is 14.9. The molecule has 2 aromatic carbocycles. The molecular formula is C22H14N2. The van der Waals surface area contributed by atoms with E-state index < -0.39 is 0 Å². The largest absolute Gasteiger partial charge is 0.198 e. The molecule has 112 valence electrons. The van der Waals surface area contributed by atoms with E-state index in [4.69, 9.17) is 0 Å². The highest BCUT2D eigenvalue weighted by Gasteiger charge is 2.88. The molecule has 3 fully saturated rings. The van der Waals surface area contributed by atoms with Gasteiger partial charge in [-0.1, -0.05) is 30.3 Å². The Morgan fingerprint density at radius 1 is 0.792 bits per heavy atom. The van der Waals surface area contributed by atoms with Crippen LogP contribution in [-0.2, 0) is 0 Å². The van der Waals surface area contributed by atoms with Gasteiger partial charge in [0, 0.05) is 5.92 Å². The second-order valence-corrected chi connectivity index (χ2v) is 8.31. The zero-order valence-electron chi connectivity index (χ0n) is 13.0. The Kier molecular flexibility index (Phi) is 1.63. The smallest absolute Gasteiger partial charge is 0.0991 e. The predicted molar refractivity (Wildman–Crippen MR) is 87.1 cm³/mol. The Hall–Kier alpha value is -2.58. The number of benzene rings is 2. The molecule has 0 radical (unpaired) electrons. The molecule has 0 aromatic heterocycles. The van der Waals surface area contributed by atoms with Gasteiger partial charge in [-0.15, -0.1) is 0 Å². The maximum Gasteiger partial charge on any atom is 0.0991 e. The Bertz CT molecular complexity index is 1050. The normalized spacial score (nSPS) is 46.0. The molecule has 7 rings (SSSR count). The molecule has 5 aliphatic rings. The van der Waals surface area contributed by atoms with Gasteiger partial charge in [0.2, 0.25) is 0 Å². The van der Waals surface area contributed by atoms with Crippen LogP contribution in [0, 0.1) is 45.8 Å². The summed E-state index contributed by atoms with van der Waals surface area (Å²) in [6.07, 6.45) is 0. The second-order valence-electron chi connectivity index (χ2n) is 8.31. The van der Waals surface area contributed by atoms with Gasteiger partial charge in [0.1, 0.15) is 0 Å². The standard InChI is InChI=1S/C22H14N2/c23-8-10-5-6-12-14(7-10)17-19-13-4-2-1-3-11(13)16-15(12)18-20(16)22(19,9-24)21(17)18/h1-7,15-21H. The quantitative estimate of drug-likeness (QED) is 0.738. The molecule has 5 aliphatic carbocycles. The molecule has 0 aliphatic heterocycles. The van der Waals surface area contributed by atoms with Crippen molar-refractivity contribution in [2.24, 2.45) is 23.2 Å². The van der Waals surface area contributed by atoms with Crippen LogP contribution >= 0.6 is 0 Å². The third kappa shape index (κ3) is 0.843. The lowest BCUT2D eigenvalue weighted by molar-refractivity contribution is -0.291. The van der Waals surface area contributed by atoms with Crippen LogP contribution < -0.4 is 0 Å². The van der Waals surface area contributed by atoms with Crippen molar-refractivity contribution < 1.29 is 0 Å². The summed E-state index contributed by atoms with van der Waals surface area (Å²) in [6, 6.07) is 20.3. The SMILES string of the molecule is N#Cc1ccc2c(c1)C1C3c4ccccc4C4C2C2C4C3(C#N)C12. The van der Waals surface area contributed by atoms with Gasteiger partial charge in [0.25, 0.3) is 0 Å². The van der Waals surface area contributed by atoms with E-state index >= 15 is 0 Å². The molecule has 0 spiro atoms. The summed E-state index contributed by atoms with van der Waals surface area (Å²) in [6.45, 7) is 0. The van der Waals surface area contributed by atoms with Crippen molar-refractivity contribution in [1.29, 1.82) is 10.5 Å². The molecule has 24 heavy (non-hydrogen) atoms. The Labute approximate surface area is 140 Å². The fourth-order valence-corrected chi connectivity index (χ4v) is 7.77. The lowest BCUT2D eigenvalue weighted by Crippen LogP contribution is -2.81. The van der Waals surface area contributed by atoms with E-state index in [0.717, 1.165) is 5.56 Å². The first-order chi connectivity index (χ1) is 11.8. The lowest BCUT2D eigenvalue weighted by atomic mass is 9.15. The zero-order valence-corrected chi connectivity index (χ0v) is 13.0. The highest BCUT2D eigenvalue weighted by molar-refractivity contribution is 5.65. The lowest BCUT2D eigenvalue weighted by Gasteiger charge is -2.86. The van der Waals surface area contributed by atoms with Gasteiger partial charge in [0.05, 0.1) is 23.1 Å². The summed E-state index contributed by atoms with van der Waals surface area (Å²) >= 11 is 0.